The molecule has 0 atom stereocenters. The zero-order valence-electron chi connectivity index (χ0n) is 8.22. The maximum Gasteiger partial charge on any atom is 0.301 e. The molecule has 0 aliphatic rings. The van der Waals surface area contributed by atoms with Gasteiger partial charge in [0, 0.05) is 12.5 Å². The highest BCUT2D eigenvalue weighted by Gasteiger charge is 2.21. The molecule has 0 spiro atoms. The molecule has 1 aromatic rings. The van der Waals surface area contributed by atoms with E-state index in [0.29, 0.717) is 0 Å². The maximum absolute atomic E-state index is 11.6. The van der Waals surface area contributed by atoms with Crippen molar-refractivity contribution in [2.24, 2.45) is 3.77 Å². The highest BCUT2D eigenvalue weighted by Crippen LogP contribution is 2.28. The van der Waals surface area contributed by atoms with Crippen LogP contribution in [0.3, 0.4) is 0 Å². The Hall–Kier alpha value is -0.180. The molecule has 0 fully saturated rings. The standard InChI is InChI=1S/C6H9ClN2O3S3/c1-4-5(13-6(7)8-4)15(11,12)9-14(2,3)10/h1-3H3. The number of thiazole rings is 1. The Morgan fingerprint density at radius 2 is 1.87 bits per heavy atom. The van der Waals surface area contributed by atoms with Crippen LogP contribution in [-0.4, -0.2) is 30.1 Å². The summed E-state index contributed by atoms with van der Waals surface area (Å²) < 4.78 is 38.0. The van der Waals surface area contributed by atoms with Crippen LogP contribution in [0.1, 0.15) is 5.69 Å². The van der Waals surface area contributed by atoms with Crippen molar-refractivity contribution in [3.8, 4) is 0 Å². The zero-order valence-corrected chi connectivity index (χ0v) is 11.4. The van der Waals surface area contributed by atoms with Crippen LogP contribution in [-0.2, 0) is 19.8 Å². The number of aromatic nitrogens is 1. The predicted octanol–water partition coefficient (Wildman–Crippen LogP) is 1.52. The summed E-state index contributed by atoms with van der Waals surface area (Å²) in [5.74, 6) is 0. The first-order valence-corrected chi connectivity index (χ1v) is 8.65. The first kappa shape index (κ1) is 12.9. The molecule has 5 nitrogen and oxygen atoms in total. The SMILES string of the molecule is Cc1nc(Cl)sc1S(=O)(=O)N=S(C)(C)=O. The molecule has 0 saturated carbocycles. The molecule has 0 saturated heterocycles. The minimum absolute atomic E-state index is 0.0519. The molecule has 86 valence electrons. The topological polar surface area (TPSA) is 76.5 Å². The van der Waals surface area contributed by atoms with E-state index in [-0.39, 0.29) is 14.4 Å². The van der Waals surface area contributed by atoms with E-state index in [0.717, 1.165) is 11.3 Å². The van der Waals surface area contributed by atoms with Crippen LogP contribution in [0.2, 0.25) is 4.47 Å². The van der Waals surface area contributed by atoms with Gasteiger partial charge >= 0.3 is 10.0 Å². The van der Waals surface area contributed by atoms with E-state index in [1.54, 1.807) is 0 Å². The van der Waals surface area contributed by atoms with Crippen LogP contribution in [0.25, 0.3) is 0 Å². The first-order valence-electron chi connectivity index (χ1n) is 3.68. The van der Waals surface area contributed by atoms with Gasteiger partial charge in [0.1, 0.15) is 0 Å². The number of sulfonamides is 1. The number of halogens is 1. The smallest absolute Gasteiger partial charge is 0.249 e. The third-order valence-corrected chi connectivity index (χ3v) is 6.16. The van der Waals surface area contributed by atoms with Crippen molar-refractivity contribution >= 4 is 42.7 Å². The second kappa shape index (κ2) is 4.00. The van der Waals surface area contributed by atoms with Crippen LogP contribution in [0.5, 0.6) is 0 Å². The van der Waals surface area contributed by atoms with E-state index in [4.69, 9.17) is 11.6 Å². The Bertz CT molecular complexity index is 587. The van der Waals surface area contributed by atoms with Gasteiger partial charge in [0.2, 0.25) is 0 Å². The molecule has 1 heterocycles. The van der Waals surface area contributed by atoms with E-state index in [1.807, 2.05) is 0 Å². The van der Waals surface area contributed by atoms with Crippen LogP contribution >= 0.6 is 22.9 Å². The summed E-state index contributed by atoms with van der Waals surface area (Å²) in [4.78, 5) is 3.76. The van der Waals surface area contributed by atoms with Gasteiger partial charge < -0.3 is 0 Å². The molecule has 0 aromatic carbocycles. The Morgan fingerprint density at radius 3 is 2.20 bits per heavy atom. The van der Waals surface area contributed by atoms with E-state index in [2.05, 4.69) is 8.75 Å². The van der Waals surface area contributed by atoms with Crippen molar-refractivity contribution in [1.82, 2.24) is 4.98 Å². The van der Waals surface area contributed by atoms with Gasteiger partial charge in [0.25, 0.3) is 0 Å². The summed E-state index contributed by atoms with van der Waals surface area (Å²) in [6.45, 7) is 1.51. The van der Waals surface area contributed by atoms with Gasteiger partial charge in [0.15, 0.2) is 8.68 Å². The molecule has 0 bridgehead atoms. The van der Waals surface area contributed by atoms with Crippen molar-refractivity contribution in [2.75, 3.05) is 12.5 Å². The fourth-order valence-corrected chi connectivity index (χ4v) is 5.40. The average molecular weight is 289 g/mol. The molecule has 15 heavy (non-hydrogen) atoms. The molecule has 0 radical (unpaired) electrons. The van der Waals surface area contributed by atoms with Crippen LogP contribution in [0.4, 0.5) is 0 Å². The Labute approximate surface area is 97.7 Å². The summed E-state index contributed by atoms with van der Waals surface area (Å²) in [7, 11) is -6.62. The summed E-state index contributed by atoms with van der Waals surface area (Å²) >= 11 is 6.38. The van der Waals surface area contributed by atoms with Gasteiger partial charge in [-0.15, -0.1) is 3.77 Å². The third kappa shape index (κ3) is 3.40. The lowest BCUT2D eigenvalue weighted by molar-refractivity contribution is 0.599. The van der Waals surface area contributed by atoms with E-state index in [9.17, 15) is 12.6 Å². The number of nitrogens with zero attached hydrogens (tertiary/aromatic N) is 2. The van der Waals surface area contributed by atoms with Crippen LogP contribution in [0.15, 0.2) is 7.98 Å². The molecule has 0 N–H and O–H groups in total. The lowest BCUT2D eigenvalue weighted by Gasteiger charge is -1.96. The zero-order chi connectivity index (χ0) is 11.9. The second-order valence-corrected chi connectivity index (χ2v) is 9.23. The maximum atomic E-state index is 11.6. The minimum atomic E-state index is -3.91. The lowest BCUT2D eigenvalue weighted by Crippen LogP contribution is -2.01. The van der Waals surface area contributed by atoms with Gasteiger partial charge in [-0.2, -0.15) is 8.42 Å². The molecule has 1 aromatic heterocycles. The first-order chi connectivity index (χ1) is 6.62. The normalized spacial score (nSPS) is 12.8. The fraction of sp³-hybridized carbons (Fsp3) is 0.500. The predicted molar refractivity (Wildman–Crippen MR) is 61.5 cm³/mol. The largest absolute Gasteiger partial charge is 0.301 e. The monoisotopic (exact) mass is 288 g/mol. The van der Waals surface area contributed by atoms with Gasteiger partial charge in [-0.3, -0.25) is 0 Å². The minimum Gasteiger partial charge on any atom is -0.249 e. The summed E-state index contributed by atoms with van der Waals surface area (Å²) in [6, 6.07) is 0. The Balaban J connectivity index is 3.44. The number of hydrogen-bond donors (Lipinski definition) is 0. The summed E-state index contributed by atoms with van der Waals surface area (Å²) in [5.41, 5.74) is 0.275. The highest BCUT2D eigenvalue weighted by atomic mass is 35.5. The van der Waals surface area contributed by atoms with Crippen molar-refractivity contribution in [1.29, 1.82) is 0 Å². The second-order valence-electron chi connectivity index (χ2n) is 3.07. The Morgan fingerprint density at radius 1 is 1.33 bits per heavy atom. The molecular formula is C6H9ClN2O3S3. The molecule has 9 heteroatoms. The van der Waals surface area contributed by atoms with Gasteiger partial charge in [-0.05, 0) is 6.92 Å². The van der Waals surface area contributed by atoms with Crippen LogP contribution in [0, 0.1) is 6.92 Å². The quantitative estimate of drug-likeness (QED) is 0.827. The molecular weight excluding hydrogens is 280 g/mol. The Kier molecular flexibility index (Phi) is 3.44. The van der Waals surface area contributed by atoms with E-state index < -0.39 is 19.8 Å². The highest BCUT2D eigenvalue weighted by molar-refractivity contribution is 8.03. The van der Waals surface area contributed by atoms with Crippen molar-refractivity contribution in [3.63, 3.8) is 0 Å². The van der Waals surface area contributed by atoms with Gasteiger partial charge in [-0.1, -0.05) is 22.9 Å². The lowest BCUT2D eigenvalue weighted by atomic mass is 10.6. The molecule has 0 aliphatic carbocycles. The van der Waals surface area contributed by atoms with Crippen LogP contribution < -0.4 is 0 Å². The molecule has 1 rings (SSSR count). The summed E-state index contributed by atoms with van der Waals surface area (Å²) in [6.07, 6.45) is 2.51. The van der Waals surface area contributed by atoms with Gasteiger partial charge in [-0.25, -0.2) is 9.19 Å². The third-order valence-electron chi connectivity index (χ3n) is 1.24. The van der Waals surface area contributed by atoms with Gasteiger partial charge in [0.05, 0.1) is 15.4 Å². The van der Waals surface area contributed by atoms with E-state index in [1.165, 1.54) is 19.4 Å². The van der Waals surface area contributed by atoms with Crippen molar-refractivity contribution < 1.29 is 12.6 Å². The summed E-state index contributed by atoms with van der Waals surface area (Å²) in [5, 5.41) is 0. The number of hydrogen-bond acceptors (Lipinski definition) is 5. The van der Waals surface area contributed by atoms with Crippen molar-refractivity contribution in [2.45, 2.75) is 11.1 Å². The molecule has 0 unspecified atom stereocenters. The number of aryl methyl sites for hydroxylation is 1. The average Bonchev–Trinajstić information content (AvgIpc) is 2.24. The van der Waals surface area contributed by atoms with Crippen molar-refractivity contribution in [3.05, 3.63) is 10.2 Å². The van der Waals surface area contributed by atoms with E-state index >= 15 is 0 Å². The number of rotatable bonds is 2. The molecule has 0 aliphatic heterocycles. The fourth-order valence-electron chi connectivity index (χ4n) is 0.860. The molecule has 0 amide bonds.